The number of thiocarbonyl (C=S) groups is 1. The lowest BCUT2D eigenvalue weighted by Crippen LogP contribution is -2.37. The van der Waals surface area contributed by atoms with Crippen LogP contribution in [0.4, 0.5) is 17.1 Å². The van der Waals surface area contributed by atoms with Crippen LogP contribution in [0, 0.1) is 0 Å². The van der Waals surface area contributed by atoms with E-state index in [2.05, 4.69) is 0 Å². The number of carbonyl (C=O) groups excluding carboxylic acids is 1. The molecule has 0 amide bonds. The van der Waals surface area contributed by atoms with E-state index < -0.39 is 0 Å². The summed E-state index contributed by atoms with van der Waals surface area (Å²) in [6, 6.07) is 28.8. The number of para-hydroxylation sites is 3. The van der Waals surface area contributed by atoms with Crippen molar-refractivity contribution < 1.29 is 9.53 Å². The summed E-state index contributed by atoms with van der Waals surface area (Å²) in [6.07, 6.45) is 0. The first kappa shape index (κ1) is 21.4. The van der Waals surface area contributed by atoms with Gasteiger partial charge in [-0.2, -0.15) is 0 Å². The Morgan fingerprint density at radius 3 is 1.84 bits per heavy atom. The largest absolute Gasteiger partial charge is 0.465 e. The summed E-state index contributed by atoms with van der Waals surface area (Å²) < 4.78 is 5.19. The Morgan fingerprint density at radius 2 is 1.31 bits per heavy atom. The molecule has 1 aliphatic heterocycles. The third kappa shape index (κ3) is 4.73. The van der Waals surface area contributed by atoms with E-state index in [-0.39, 0.29) is 19.1 Å². The Hall–Kier alpha value is -3.84. The number of nitrogens with zero attached hydrogens (tertiary/aromatic N) is 4. The molecule has 3 aromatic carbocycles. The summed E-state index contributed by atoms with van der Waals surface area (Å²) in [5.74, 6) is 0.645. The molecule has 0 saturated carbocycles. The highest BCUT2D eigenvalue weighted by Crippen LogP contribution is 2.27. The van der Waals surface area contributed by atoms with Gasteiger partial charge in [0, 0.05) is 5.69 Å². The molecule has 6 nitrogen and oxygen atoms in total. The van der Waals surface area contributed by atoms with Crippen molar-refractivity contribution >= 4 is 52.0 Å². The second-order valence-corrected chi connectivity index (χ2v) is 7.25. The maximum absolute atomic E-state index is 12.4. The zero-order valence-corrected chi connectivity index (χ0v) is 18.4. The number of ether oxygens (including phenoxy) is 1. The molecule has 4 rings (SSSR count). The Bertz CT molecular complexity index is 1150. The molecule has 0 radical (unpaired) electrons. The molecular formula is C25H22N4O2S. The van der Waals surface area contributed by atoms with Crippen LogP contribution in [0.5, 0.6) is 0 Å². The Kier molecular flexibility index (Phi) is 6.67. The van der Waals surface area contributed by atoms with Crippen LogP contribution in [0.25, 0.3) is 0 Å². The fourth-order valence-corrected chi connectivity index (χ4v) is 3.61. The second-order valence-electron chi connectivity index (χ2n) is 6.89. The minimum Gasteiger partial charge on any atom is -0.465 e. The molecule has 32 heavy (non-hydrogen) atoms. The first-order valence-electron chi connectivity index (χ1n) is 10.3. The Morgan fingerprint density at radius 1 is 0.812 bits per heavy atom. The number of anilines is 1. The molecule has 1 fully saturated rings. The molecule has 0 unspecified atom stereocenters. The molecular weight excluding hydrogens is 420 g/mol. The van der Waals surface area contributed by atoms with Crippen molar-refractivity contribution in [1.29, 1.82) is 0 Å². The molecule has 0 bridgehead atoms. The van der Waals surface area contributed by atoms with E-state index in [0.717, 1.165) is 17.1 Å². The maximum Gasteiger partial charge on any atom is 0.326 e. The number of benzene rings is 3. The third-order valence-corrected chi connectivity index (χ3v) is 5.08. The SMILES string of the molecule is CCOC(=O)CN1C(=S)N(c2ccccc2)C(=Nc2ccccc2)C1=Nc1ccccc1. The number of hydrogen-bond acceptors (Lipinski definition) is 5. The van der Waals surface area contributed by atoms with Gasteiger partial charge in [-0.3, -0.25) is 14.6 Å². The number of carbonyl (C=O) groups is 1. The van der Waals surface area contributed by atoms with E-state index in [1.54, 1.807) is 11.8 Å². The van der Waals surface area contributed by atoms with Gasteiger partial charge >= 0.3 is 5.97 Å². The Balaban J connectivity index is 1.88. The monoisotopic (exact) mass is 442 g/mol. The van der Waals surface area contributed by atoms with Gasteiger partial charge in [0.1, 0.15) is 6.54 Å². The summed E-state index contributed by atoms with van der Waals surface area (Å²) in [5.41, 5.74) is 2.32. The van der Waals surface area contributed by atoms with Gasteiger partial charge in [-0.1, -0.05) is 54.6 Å². The molecule has 0 aromatic heterocycles. The van der Waals surface area contributed by atoms with Crippen LogP contribution in [0.15, 0.2) is 101 Å². The highest BCUT2D eigenvalue weighted by Gasteiger charge is 2.40. The molecule has 0 aliphatic carbocycles. The second kappa shape index (κ2) is 9.98. The van der Waals surface area contributed by atoms with Gasteiger partial charge in [0.05, 0.1) is 18.0 Å². The van der Waals surface area contributed by atoms with Crippen molar-refractivity contribution in [2.75, 3.05) is 18.1 Å². The summed E-state index contributed by atoms with van der Waals surface area (Å²) in [6.45, 7) is 2.01. The van der Waals surface area contributed by atoms with Crippen LogP contribution in [0.3, 0.4) is 0 Å². The average Bonchev–Trinajstić information content (AvgIpc) is 3.06. The standard InChI is InChI=1S/C25H22N4O2S/c1-2-31-22(30)18-28-23(26-19-12-6-3-7-13-19)24(27-20-14-8-4-9-15-20)29(25(28)32)21-16-10-5-11-17-21/h3-17H,2,18H2,1H3. The minimum atomic E-state index is -0.385. The van der Waals surface area contributed by atoms with E-state index >= 15 is 0 Å². The molecule has 1 saturated heterocycles. The molecule has 160 valence electrons. The van der Waals surface area contributed by atoms with E-state index in [1.807, 2.05) is 95.9 Å². The lowest BCUT2D eigenvalue weighted by molar-refractivity contribution is -0.142. The number of hydrogen-bond donors (Lipinski definition) is 0. The molecule has 7 heteroatoms. The number of aliphatic imine (C=N–C) groups is 2. The van der Waals surface area contributed by atoms with Gasteiger partial charge in [0.2, 0.25) is 0 Å². The van der Waals surface area contributed by atoms with Crippen LogP contribution in [-0.4, -0.2) is 40.8 Å². The van der Waals surface area contributed by atoms with Crippen LogP contribution < -0.4 is 4.90 Å². The maximum atomic E-state index is 12.4. The fraction of sp³-hybridized carbons (Fsp3) is 0.120. The van der Waals surface area contributed by atoms with Crippen molar-refractivity contribution in [2.45, 2.75) is 6.92 Å². The van der Waals surface area contributed by atoms with Crippen LogP contribution >= 0.6 is 12.2 Å². The highest BCUT2D eigenvalue weighted by molar-refractivity contribution is 7.80. The summed E-state index contributed by atoms with van der Waals surface area (Å²) in [5, 5.41) is 0.411. The van der Waals surface area contributed by atoms with Crippen molar-refractivity contribution in [3.05, 3.63) is 91.0 Å². The minimum absolute atomic E-state index is 0.0600. The average molecular weight is 443 g/mol. The van der Waals surface area contributed by atoms with E-state index in [1.165, 1.54) is 0 Å². The molecule has 3 aromatic rings. The number of esters is 1. The summed E-state index contributed by atoms with van der Waals surface area (Å²) in [7, 11) is 0. The van der Waals surface area contributed by atoms with E-state index in [9.17, 15) is 4.79 Å². The van der Waals surface area contributed by atoms with Gasteiger partial charge in [-0.05, 0) is 55.5 Å². The van der Waals surface area contributed by atoms with Crippen LogP contribution in [-0.2, 0) is 9.53 Å². The van der Waals surface area contributed by atoms with Crippen molar-refractivity contribution in [1.82, 2.24) is 4.90 Å². The molecule has 0 atom stereocenters. The third-order valence-electron chi connectivity index (χ3n) is 4.68. The fourth-order valence-electron chi connectivity index (χ4n) is 3.27. The van der Waals surface area contributed by atoms with Crippen molar-refractivity contribution in [3.8, 4) is 0 Å². The smallest absolute Gasteiger partial charge is 0.326 e. The quantitative estimate of drug-likeness (QED) is 0.392. The summed E-state index contributed by atoms with van der Waals surface area (Å²) >= 11 is 5.82. The number of amidine groups is 2. The zero-order chi connectivity index (χ0) is 22.3. The number of rotatable bonds is 6. The van der Waals surface area contributed by atoms with E-state index in [4.69, 9.17) is 26.9 Å². The molecule has 1 aliphatic rings. The van der Waals surface area contributed by atoms with Crippen molar-refractivity contribution in [2.24, 2.45) is 9.98 Å². The molecule has 1 heterocycles. The first-order valence-corrected chi connectivity index (χ1v) is 10.7. The van der Waals surface area contributed by atoms with Gasteiger partial charge in [0.25, 0.3) is 0 Å². The van der Waals surface area contributed by atoms with Crippen LogP contribution in [0.2, 0.25) is 0 Å². The van der Waals surface area contributed by atoms with Gasteiger partial charge in [-0.25, -0.2) is 9.98 Å². The lowest BCUT2D eigenvalue weighted by atomic mass is 10.3. The lowest BCUT2D eigenvalue weighted by Gasteiger charge is -2.19. The van der Waals surface area contributed by atoms with Crippen molar-refractivity contribution in [3.63, 3.8) is 0 Å². The van der Waals surface area contributed by atoms with Gasteiger partial charge in [-0.15, -0.1) is 0 Å². The summed E-state index contributed by atoms with van der Waals surface area (Å²) in [4.78, 5) is 25.6. The topological polar surface area (TPSA) is 57.5 Å². The van der Waals surface area contributed by atoms with Gasteiger partial charge < -0.3 is 4.74 Å². The predicted octanol–water partition coefficient (Wildman–Crippen LogP) is 5.12. The highest BCUT2D eigenvalue weighted by atomic mass is 32.1. The zero-order valence-electron chi connectivity index (χ0n) is 17.6. The Labute approximate surface area is 192 Å². The molecule has 0 N–H and O–H groups in total. The first-order chi connectivity index (χ1) is 15.7. The molecule has 0 spiro atoms. The predicted molar refractivity (Wildman–Crippen MR) is 132 cm³/mol. The van der Waals surface area contributed by atoms with Crippen LogP contribution in [0.1, 0.15) is 6.92 Å². The van der Waals surface area contributed by atoms with E-state index in [0.29, 0.717) is 16.8 Å². The van der Waals surface area contributed by atoms with Gasteiger partial charge in [0.15, 0.2) is 16.8 Å². The normalized spacial score (nSPS) is 16.1.